The second-order valence-electron chi connectivity index (χ2n) is 5.36. The molecule has 0 saturated carbocycles. The van der Waals surface area contributed by atoms with Crippen molar-refractivity contribution in [2.24, 2.45) is 0 Å². The van der Waals surface area contributed by atoms with Gasteiger partial charge >= 0.3 is 0 Å². The maximum Gasteiger partial charge on any atom is 0.141 e. The highest BCUT2D eigenvalue weighted by atomic mass is 19.1. The maximum absolute atomic E-state index is 12.8. The molecule has 0 saturated heterocycles. The third-order valence-corrected chi connectivity index (χ3v) is 3.08. The van der Waals surface area contributed by atoms with E-state index >= 15 is 0 Å². The van der Waals surface area contributed by atoms with Crippen LogP contribution in [0.25, 0.3) is 0 Å². The van der Waals surface area contributed by atoms with E-state index in [9.17, 15) is 4.39 Å². The number of aromatic nitrogens is 1. The Bertz CT molecular complexity index is 506. The molecule has 0 atom stereocenters. The Morgan fingerprint density at radius 2 is 1.84 bits per heavy atom. The fourth-order valence-electron chi connectivity index (χ4n) is 1.96. The summed E-state index contributed by atoms with van der Waals surface area (Å²) in [7, 11) is 0. The van der Waals surface area contributed by atoms with Crippen LogP contribution in [0.2, 0.25) is 0 Å². The second-order valence-corrected chi connectivity index (χ2v) is 5.36. The lowest BCUT2D eigenvalue weighted by Gasteiger charge is -2.27. The zero-order valence-electron chi connectivity index (χ0n) is 11.4. The summed E-state index contributed by atoms with van der Waals surface area (Å²) in [6.07, 6.45) is 3.22. The first-order chi connectivity index (χ1) is 9.05. The van der Waals surface area contributed by atoms with Crippen LogP contribution in [0.15, 0.2) is 48.7 Å². The fraction of sp³-hybridized carbons (Fsp3) is 0.312. The summed E-state index contributed by atoms with van der Waals surface area (Å²) in [5, 5.41) is 3.34. The summed E-state index contributed by atoms with van der Waals surface area (Å²) in [4.78, 5) is 4.03. The highest BCUT2D eigenvalue weighted by molar-refractivity contribution is 5.36. The van der Waals surface area contributed by atoms with E-state index in [1.807, 2.05) is 6.07 Å². The summed E-state index contributed by atoms with van der Waals surface area (Å²) in [6.45, 7) is 4.25. The molecule has 2 rings (SSSR count). The van der Waals surface area contributed by atoms with Gasteiger partial charge in [0.05, 0.1) is 6.20 Å². The molecule has 0 spiro atoms. The Morgan fingerprint density at radius 3 is 2.47 bits per heavy atom. The van der Waals surface area contributed by atoms with Crippen LogP contribution in [0, 0.1) is 5.82 Å². The van der Waals surface area contributed by atoms with Crippen LogP contribution in [0.4, 0.5) is 10.2 Å². The maximum atomic E-state index is 12.8. The third-order valence-electron chi connectivity index (χ3n) is 3.08. The number of anilines is 1. The van der Waals surface area contributed by atoms with Crippen LogP contribution in [0.1, 0.15) is 25.8 Å². The van der Waals surface area contributed by atoms with Crippen LogP contribution in [-0.4, -0.2) is 10.5 Å². The van der Waals surface area contributed by atoms with E-state index in [1.165, 1.54) is 17.8 Å². The van der Waals surface area contributed by atoms with E-state index in [1.54, 1.807) is 6.07 Å². The molecule has 1 N–H and O–H groups in total. The molecule has 2 aromatic rings. The van der Waals surface area contributed by atoms with E-state index in [0.29, 0.717) is 5.82 Å². The van der Waals surface area contributed by atoms with Gasteiger partial charge in [0.2, 0.25) is 0 Å². The van der Waals surface area contributed by atoms with Gasteiger partial charge in [-0.15, -0.1) is 0 Å². The third kappa shape index (κ3) is 4.36. The summed E-state index contributed by atoms with van der Waals surface area (Å²) in [5.74, 6) is 0.395. The van der Waals surface area contributed by atoms with Gasteiger partial charge in [-0.25, -0.2) is 9.37 Å². The number of nitrogens with one attached hydrogen (secondary N) is 1. The highest BCUT2D eigenvalue weighted by Gasteiger charge is 2.17. The van der Waals surface area contributed by atoms with Gasteiger partial charge in [-0.3, -0.25) is 0 Å². The number of hydrogen-bond donors (Lipinski definition) is 1. The molecule has 3 heteroatoms. The molecule has 0 amide bonds. The lowest BCUT2D eigenvalue weighted by atomic mass is 9.95. The minimum Gasteiger partial charge on any atom is -0.365 e. The van der Waals surface area contributed by atoms with Crippen molar-refractivity contribution in [3.63, 3.8) is 0 Å². The summed E-state index contributed by atoms with van der Waals surface area (Å²) >= 11 is 0. The summed E-state index contributed by atoms with van der Waals surface area (Å²) < 4.78 is 12.8. The van der Waals surface area contributed by atoms with Crippen LogP contribution in [0.3, 0.4) is 0 Å². The van der Waals surface area contributed by atoms with E-state index < -0.39 is 0 Å². The topological polar surface area (TPSA) is 24.9 Å². The molecular formula is C16H19FN2. The molecule has 19 heavy (non-hydrogen) atoms. The molecule has 0 aliphatic carbocycles. The lowest BCUT2D eigenvalue weighted by molar-refractivity contribution is 0.516. The van der Waals surface area contributed by atoms with Crippen LogP contribution in [0.5, 0.6) is 0 Å². The van der Waals surface area contributed by atoms with Crippen molar-refractivity contribution >= 4 is 5.82 Å². The predicted octanol–water partition coefficient (Wildman–Crippen LogP) is 4.04. The molecule has 0 radical (unpaired) electrons. The van der Waals surface area contributed by atoms with Crippen molar-refractivity contribution < 1.29 is 4.39 Å². The van der Waals surface area contributed by atoms with Crippen molar-refractivity contribution in [2.75, 3.05) is 5.32 Å². The van der Waals surface area contributed by atoms with Crippen molar-refractivity contribution in [1.29, 1.82) is 0 Å². The average molecular weight is 258 g/mol. The van der Waals surface area contributed by atoms with Crippen LogP contribution in [-0.2, 0) is 6.42 Å². The van der Waals surface area contributed by atoms with Crippen molar-refractivity contribution in [3.8, 4) is 0 Å². The smallest absolute Gasteiger partial charge is 0.141 e. The van der Waals surface area contributed by atoms with E-state index in [-0.39, 0.29) is 11.4 Å². The lowest BCUT2D eigenvalue weighted by Crippen LogP contribution is -2.31. The molecule has 100 valence electrons. The van der Waals surface area contributed by atoms with E-state index in [2.05, 4.69) is 48.4 Å². The zero-order chi connectivity index (χ0) is 13.7. The number of nitrogens with zero attached hydrogens (tertiary/aromatic N) is 1. The molecule has 0 unspecified atom stereocenters. The molecule has 2 nitrogen and oxygen atoms in total. The van der Waals surface area contributed by atoms with Gasteiger partial charge < -0.3 is 5.32 Å². The Labute approximate surface area is 113 Å². The highest BCUT2D eigenvalue weighted by Crippen LogP contribution is 2.19. The van der Waals surface area contributed by atoms with Crippen LogP contribution >= 0.6 is 0 Å². The van der Waals surface area contributed by atoms with Gasteiger partial charge in [0, 0.05) is 5.54 Å². The van der Waals surface area contributed by atoms with Crippen molar-refractivity contribution in [2.45, 2.75) is 32.2 Å². The molecule has 0 bridgehead atoms. The Balaban J connectivity index is 1.93. The number of aryl methyl sites for hydroxylation is 1. The van der Waals surface area contributed by atoms with Gasteiger partial charge in [-0.05, 0) is 44.4 Å². The number of rotatable bonds is 5. The first-order valence-electron chi connectivity index (χ1n) is 6.49. The molecule has 0 fully saturated rings. The van der Waals surface area contributed by atoms with Gasteiger partial charge in [-0.1, -0.05) is 30.3 Å². The van der Waals surface area contributed by atoms with Gasteiger partial charge in [0.25, 0.3) is 0 Å². The quantitative estimate of drug-likeness (QED) is 0.875. The van der Waals surface area contributed by atoms with Gasteiger partial charge in [-0.2, -0.15) is 0 Å². The minimum absolute atomic E-state index is 0.0827. The molecular weight excluding hydrogens is 239 g/mol. The molecule has 0 aliphatic rings. The summed E-state index contributed by atoms with van der Waals surface area (Å²) in [6, 6.07) is 13.5. The van der Waals surface area contributed by atoms with Gasteiger partial charge in [0.1, 0.15) is 11.6 Å². The predicted molar refractivity (Wildman–Crippen MR) is 76.7 cm³/mol. The number of halogens is 1. The Hall–Kier alpha value is -1.90. The normalized spacial score (nSPS) is 11.3. The molecule has 1 aromatic heterocycles. The van der Waals surface area contributed by atoms with E-state index in [4.69, 9.17) is 0 Å². The fourth-order valence-corrected chi connectivity index (χ4v) is 1.96. The van der Waals surface area contributed by atoms with Crippen molar-refractivity contribution in [3.05, 3.63) is 60.0 Å². The monoisotopic (exact) mass is 258 g/mol. The number of pyridine rings is 1. The first-order valence-corrected chi connectivity index (χ1v) is 6.49. The Morgan fingerprint density at radius 1 is 1.11 bits per heavy atom. The first kappa shape index (κ1) is 13.5. The number of benzene rings is 1. The standard InChI is InChI=1S/C16H19FN2/c1-16(2,11-10-13-6-4-3-5-7-13)19-15-9-8-14(17)12-18-15/h3-9,12H,10-11H2,1-2H3,(H,18,19). The Kier molecular flexibility index (Phi) is 4.15. The SMILES string of the molecule is CC(C)(CCc1ccccc1)Nc1ccc(F)cn1. The van der Waals surface area contributed by atoms with Crippen LogP contribution < -0.4 is 5.32 Å². The second kappa shape index (κ2) is 5.83. The minimum atomic E-state index is -0.312. The summed E-state index contributed by atoms with van der Waals surface area (Å²) in [5.41, 5.74) is 1.24. The largest absolute Gasteiger partial charge is 0.365 e. The van der Waals surface area contributed by atoms with Gasteiger partial charge in [0.15, 0.2) is 0 Å². The zero-order valence-corrected chi connectivity index (χ0v) is 11.4. The van der Waals surface area contributed by atoms with E-state index in [0.717, 1.165) is 12.8 Å². The number of hydrogen-bond acceptors (Lipinski definition) is 2. The average Bonchev–Trinajstić information content (AvgIpc) is 2.40. The molecule has 0 aliphatic heterocycles. The van der Waals surface area contributed by atoms with Crippen molar-refractivity contribution in [1.82, 2.24) is 4.98 Å². The molecule has 1 heterocycles. The molecule has 1 aromatic carbocycles.